The second-order valence-corrected chi connectivity index (χ2v) is 12.7. The number of aryl methyl sites for hydroxylation is 2. The molecule has 2 aromatic rings. The van der Waals surface area contributed by atoms with Crippen LogP contribution in [0.2, 0.25) is 0 Å². The van der Waals surface area contributed by atoms with E-state index in [2.05, 4.69) is 13.8 Å². The molecule has 0 fully saturated rings. The molecule has 9 nitrogen and oxygen atoms in total. The number of hydrogen-bond donors (Lipinski definition) is 0. The van der Waals surface area contributed by atoms with Crippen molar-refractivity contribution in [2.24, 2.45) is 14.1 Å². The normalized spacial score (nSPS) is 11.9. The fourth-order valence-electron chi connectivity index (χ4n) is 6.15. The monoisotopic (exact) mass is 602 g/mol. The van der Waals surface area contributed by atoms with E-state index < -0.39 is 0 Å². The zero-order valence-corrected chi connectivity index (χ0v) is 28.2. The molecule has 0 atom stereocenters. The van der Waals surface area contributed by atoms with Crippen LogP contribution < -0.4 is 22.5 Å². The van der Waals surface area contributed by atoms with Crippen molar-refractivity contribution in [2.75, 3.05) is 26.2 Å². The smallest absolute Gasteiger partial charge is 0.324 e. The molecule has 0 radical (unpaired) electrons. The van der Waals surface area contributed by atoms with Gasteiger partial charge in [-0.2, -0.15) is 0 Å². The van der Waals surface area contributed by atoms with Crippen LogP contribution in [0.3, 0.4) is 0 Å². The summed E-state index contributed by atoms with van der Waals surface area (Å²) in [5, 5.41) is 0. The van der Waals surface area contributed by atoms with Gasteiger partial charge in [0, 0.05) is 50.7 Å². The molecule has 43 heavy (non-hydrogen) atoms. The summed E-state index contributed by atoms with van der Waals surface area (Å²) in [7, 11) is 3.43. The highest BCUT2D eigenvalue weighted by atomic mass is 16.2. The van der Waals surface area contributed by atoms with E-state index in [1.165, 1.54) is 88.3 Å². The molecule has 0 aliphatic rings. The van der Waals surface area contributed by atoms with Crippen molar-refractivity contribution in [3.63, 3.8) is 0 Å². The number of rotatable bonds is 22. The van der Waals surface area contributed by atoms with Gasteiger partial charge >= 0.3 is 11.4 Å². The maximum absolute atomic E-state index is 12.5. The molecule has 0 aliphatic carbocycles. The minimum absolute atomic E-state index is 0.209. The van der Waals surface area contributed by atoms with Gasteiger partial charge in [0.15, 0.2) is 0 Å². The van der Waals surface area contributed by atoms with E-state index in [9.17, 15) is 19.2 Å². The van der Waals surface area contributed by atoms with Crippen LogP contribution in [0, 0.1) is 13.8 Å². The minimum atomic E-state index is -0.232. The van der Waals surface area contributed by atoms with Crippen molar-refractivity contribution in [1.29, 1.82) is 0 Å². The van der Waals surface area contributed by atoms with Crippen molar-refractivity contribution in [2.45, 2.75) is 131 Å². The van der Waals surface area contributed by atoms with Gasteiger partial charge in [0.25, 0.3) is 11.1 Å². The highest BCUT2D eigenvalue weighted by Gasteiger charge is 2.24. The number of unbranched alkanes of at least 4 members (excludes halogenated alkanes) is 11. The van der Waals surface area contributed by atoms with E-state index in [0.29, 0.717) is 24.5 Å². The second kappa shape index (κ2) is 18.9. The van der Waals surface area contributed by atoms with Crippen LogP contribution in [0.5, 0.6) is 0 Å². The summed E-state index contributed by atoms with van der Waals surface area (Å²) >= 11 is 0. The predicted octanol–water partition coefficient (Wildman–Crippen LogP) is 5.04. The van der Waals surface area contributed by atoms with Gasteiger partial charge in [-0.3, -0.25) is 18.7 Å². The van der Waals surface area contributed by atoms with E-state index in [0.717, 1.165) is 62.6 Å². The highest BCUT2D eigenvalue weighted by Crippen LogP contribution is 2.17. The first kappa shape index (κ1) is 36.5. The van der Waals surface area contributed by atoms with Crippen LogP contribution in [0.4, 0.5) is 0 Å². The Morgan fingerprint density at radius 1 is 0.535 bits per heavy atom. The largest absolute Gasteiger partial charge is 0.330 e. The maximum atomic E-state index is 12.5. The van der Waals surface area contributed by atoms with Gasteiger partial charge in [-0.15, -0.1) is 0 Å². The molecule has 2 rings (SSSR count). The van der Waals surface area contributed by atoms with Crippen molar-refractivity contribution in [1.82, 2.24) is 18.3 Å². The molecule has 0 aliphatic heterocycles. The second-order valence-electron chi connectivity index (χ2n) is 12.7. The fraction of sp³-hybridized carbons (Fsp3) is 0.765. The van der Waals surface area contributed by atoms with E-state index in [-0.39, 0.29) is 22.5 Å². The standard InChI is InChI=1S/C34H60N5O4/c1-7-9-10-11-12-13-14-19-24-39(8-2,25-20-15-17-22-37-31(40)27-29(3)35(5)33(37)42)26-21-16-18-23-38-32(41)28-30(4)36(6)34(38)43/h27-28H,7-26H2,1-6H3/q+1. The van der Waals surface area contributed by atoms with Gasteiger partial charge in [0.2, 0.25) is 0 Å². The molecule has 0 spiro atoms. The van der Waals surface area contributed by atoms with Crippen molar-refractivity contribution in [3.05, 3.63) is 65.2 Å². The summed E-state index contributed by atoms with van der Waals surface area (Å²) in [6, 6.07) is 3.08. The van der Waals surface area contributed by atoms with Crippen molar-refractivity contribution < 1.29 is 4.48 Å². The minimum Gasteiger partial charge on any atom is -0.324 e. The molecule has 0 saturated heterocycles. The molecule has 2 heterocycles. The van der Waals surface area contributed by atoms with Gasteiger partial charge in [0.1, 0.15) is 0 Å². The first-order valence-corrected chi connectivity index (χ1v) is 17.0. The molecule has 0 N–H and O–H groups in total. The SMILES string of the molecule is CCCCCCCCCC[N+](CC)(CCCCCn1c(=O)cc(C)n(C)c1=O)CCCCCn1c(=O)cc(C)n(C)c1=O. The molecule has 0 saturated carbocycles. The van der Waals surface area contributed by atoms with Crippen molar-refractivity contribution >= 4 is 0 Å². The average molecular weight is 603 g/mol. The quantitative estimate of drug-likeness (QED) is 0.140. The molecule has 0 amide bonds. The van der Waals surface area contributed by atoms with Crippen LogP contribution in [-0.4, -0.2) is 48.9 Å². The lowest BCUT2D eigenvalue weighted by Crippen LogP contribution is -2.50. The Labute approximate surface area is 258 Å². The summed E-state index contributed by atoms with van der Waals surface area (Å²) < 4.78 is 6.90. The third kappa shape index (κ3) is 11.4. The number of nitrogens with zero attached hydrogens (tertiary/aromatic N) is 5. The zero-order valence-electron chi connectivity index (χ0n) is 28.2. The van der Waals surface area contributed by atoms with E-state index in [1.54, 1.807) is 27.9 Å². The van der Waals surface area contributed by atoms with E-state index in [4.69, 9.17) is 0 Å². The van der Waals surface area contributed by atoms with E-state index >= 15 is 0 Å². The highest BCUT2D eigenvalue weighted by molar-refractivity contribution is 5.00. The lowest BCUT2D eigenvalue weighted by atomic mass is 10.1. The van der Waals surface area contributed by atoms with Crippen LogP contribution in [0.25, 0.3) is 0 Å². The van der Waals surface area contributed by atoms with Gasteiger partial charge in [-0.05, 0) is 72.1 Å². The molecular formula is C34H60N5O4+. The average Bonchev–Trinajstić information content (AvgIpc) is 2.98. The fourth-order valence-corrected chi connectivity index (χ4v) is 6.15. The summed E-state index contributed by atoms with van der Waals surface area (Å²) in [6.07, 6.45) is 16.3. The number of quaternary nitrogens is 1. The van der Waals surface area contributed by atoms with Gasteiger partial charge in [0.05, 0.1) is 26.2 Å². The lowest BCUT2D eigenvalue weighted by molar-refractivity contribution is -0.927. The molecule has 9 heteroatoms. The first-order chi connectivity index (χ1) is 20.6. The molecule has 2 aromatic heterocycles. The van der Waals surface area contributed by atoms with Crippen LogP contribution in [-0.2, 0) is 27.2 Å². The summed E-state index contributed by atoms with van der Waals surface area (Å²) in [5.41, 5.74) is 0.490. The third-order valence-electron chi connectivity index (χ3n) is 9.48. The molecule has 244 valence electrons. The molecule has 0 unspecified atom stereocenters. The Bertz CT molecular complexity index is 1260. The molecule has 0 aromatic carbocycles. The number of aromatic nitrogens is 4. The lowest BCUT2D eigenvalue weighted by Gasteiger charge is -2.38. The van der Waals surface area contributed by atoms with Gasteiger partial charge < -0.3 is 13.6 Å². The molecule has 0 bridgehead atoms. The topological polar surface area (TPSA) is 88.0 Å². The van der Waals surface area contributed by atoms with E-state index in [1.807, 2.05) is 0 Å². The Morgan fingerprint density at radius 2 is 0.884 bits per heavy atom. The Hall–Kier alpha value is -2.68. The third-order valence-corrected chi connectivity index (χ3v) is 9.48. The first-order valence-electron chi connectivity index (χ1n) is 17.0. The summed E-state index contributed by atoms with van der Waals surface area (Å²) in [4.78, 5) is 49.8. The van der Waals surface area contributed by atoms with Gasteiger partial charge in [-0.1, -0.05) is 45.4 Å². The zero-order chi connectivity index (χ0) is 31.8. The number of hydrogen-bond acceptors (Lipinski definition) is 4. The van der Waals surface area contributed by atoms with Crippen LogP contribution >= 0.6 is 0 Å². The Kier molecular flexibility index (Phi) is 16.0. The van der Waals surface area contributed by atoms with Gasteiger partial charge in [-0.25, -0.2) is 9.59 Å². The molecular weight excluding hydrogens is 542 g/mol. The maximum Gasteiger partial charge on any atom is 0.330 e. The summed E-state index contributed by atoms with van der Waals surface area (Å²) in [5.74, 6) is 0. The van der Waals surface area contributed by atoms with Crippen LogP contribution in [0.15, 0.2) is 31.3 Å². The van der Waals surface area contributed by atoms with Crippen molar-refractivity contribution in [3.8, 4) is 0 Å². The Balaban J connectivity index is 1.91. The van der Waals surface area contributed by atoms with Crippen LogP contribution in [0.1, 0.15) is 115 Å². The summed E-state index contributed by atoms with van der Waals surface area (Å²) in [6.45, 7) is 13.5. The Morgan fingerprint density at radius 3 is 1.26 bits per heavy atom. The predicted molar refractivity (Wildman–Crippen MR) is 177 cm³/mol.